The van der Waals surface area contributed by atoms with E-state index in [-0.39, 0.29) is 0 Å². The minimum Gasteiger partial charge on any atom is -0.375 e. The molecule has 0 radical (unpaired) electrons. The topological polar surface area (TPSA) is 52.0 Å². The Hall–Kier alpha value is -0.940. The molecule has 2 bridgehead atoms. The number of nitrogens with one attached hydrogen (secondary N) is 1. The van der Waals surface area contributed by atoms with Gasteiger partial charge in [-0.2, -0.15) is 5.10 Å². The monoisotopic (exact) mass is 264 g/mol. The fraction of sp³-hybridized carbons (Fsp3) is 0.857. The van der Waals surface area contributed by atoms with Crippen LogP contribution in [0.15, 0.2) is 6.33 Å². The average molecular weight is 264 g/mol. The minimum atomic E-state index is 0.367. The number of hydrogen-bond donors (Lipinski definition) is 1. The number of ether oxygens (including phenoxy) is 1. The molecule has 2 aliphatic heterocycles. The first kappa shape index (κ1) is 13.1. The van der Waals surface area contributed by atoms with E-state index in [4.69, 9.17) is 4.74 Å². The second-order valence-electron chi connectivity index (χ2n) is 6.09. The third-order valence-electron chi connectivity index (χ3n) is 4.58. The summed E-state index contributed by atoms with van der Waals surface area (Å²) < 4.78 is 8.01. The van der Waals surface area contributed by atoms with Gasteiger partial charge in [0.2, 0.25) is 0 Å². The smallest absolute Gasteiger partial charge is 0.138 e. The highest BCUT2D eigenvalue weighted by Gasteiger charge is 2.44. The summed E-state index contributed by atoms with van der Waals surface area (Å²) in [5, 5.41) is 7.80. The van der Waals surface area contributed by atoms with E-state index in [0.29, 0.717) is 30.2 Å². The van der Waals surface area contributed by atoms with Gasteiger partial charge in [0.15, 0.2) is 0 Å². The Morgan fingerprint density at radius 2 is 2.32 bits per heavy atom. The van der Waals surface area contributed by atoms with E-state index >= 15 is 0 Å². The minimum absolute atomic E-state index is 0.367. The predicted molar refractivity (Wildman–Crippen MR) is 73.0 cm³/mol. The molecular weight excluding hydrogens is 240 g/mol. The molecule has 1 aromatic rings. The van der Waals surface area contributed by atoms with Gasteiger partial charge in [0.25, 0.3) is 0 Å². The normalized spacial score (nSPS) is 31.3. The van der Waals surface area contributed by atoms with Gasteiger partial charge in [-0.1, -0.05) is 0 Å². The molecule has 1 N–H and O–H groups in total. The molecule has 3 rings (SSSR count). The van der Waals surface area contributed by atoms with Crippen molar-refractivity contribution in [2.45, 2.75) is 63.8 Å². The standard InChI is InChI=1S/C14H24N4O/c1-9(2)18-14(16-8-17-18)7-12(15-3)11-6-10-4-5-13(11)19-10/h8-13,15H,4-7H2,1-3H3. The van der Waals surface area contributed by atoms with Gasteiger partial charge < -0.3 is 10.1 Å². The lowest BCUT2D eigenvalue weighted by Crippen LogP contribution is -2.41. The predicted octanol–water partition coefficient (Wildman–Crippen LogP) is 1.56. The van der Waals surface area contributed by atoms with E-state index < -0.39 is 0 Å². The third kappa shape index (κ3) is 2.41. The van der Waals surface area contributed by atoms with Crippen molar-refractivity contribution in [3.63, 3.8) is 0 Å². The molecule has 2 fully saturated rings. The van der Waals surface area contributed by atoms with Crippen molar-refractivity contribution in [1.82, 2.24) is 20.1 Å². The summed E-state index contributed by atoms with van der Waals surface area (Å²) in [6.45, 7) is 4.29. The largest absolute Gasteiger partial charge is 0.375 e. The number of fused-ring (bicyclic) bond motifs is 2. The maximum Gasteiger partial charge on any atom is 0.138 e. The van der Waals surface area contributed by atoms with E-state index in [1.54, 1.807) is 6.33 Å². The Morgan fingerprint density at radius 3 is 2.89 bits per heavy atom. The molecule has 3 heterocycles. The highest BCUT2D eigenvalue weighted by Crippen LogP contribution is 2.40. The van der Waals surface area contributed by atoms with Crippen molar-refractivity contribution in [1.29, 1.82) is 0 Å². The number of aromatic nitrogens is 3. The fourth-order valence-corrected chi connectivity index (χ4v) is 3.62. The van der Waals surface area contributed by atoms with Crippen molar-refractivity contribution in [2.24, 2.45) is 5.92 Å². The van der Waals surface area contributed by atoms with Crippen LogP contribution in [-0.2, 0) is 11.2 Å². The second kappa shape index (κ2) is 5.21. The van der Waals surface area contributed by atoms with Gasteiger partial charge in [-0.25, -0.2) is 9.67 Å². The number of rotatable bonds is 5. The Balaban J connectivity index is 1.71. The van der Waals surface area contributed by atoms with Crippen LogP contribution in [0.3, 0.4) is 0 Å². The molecule has 1 aromatic heterocycles. The fourth-order valence-electron chi connectivity index (χ4n) is 3.62. The molecule has 5 heteroatoms. The van der Waals surface area contributed by atoms with Gasteiger partial charge in [0.05, 0.1) is 12.2 Å². The van der Waals surface area contributed by atoms with Crippen LogP contribution in [-0.4, -0.2) is 40.1 Å². The molecule has 0 saturated carbocycles. The van der Waals surface area contributed by atoms with Crippen molar-refractivity contribution in [3.05, 3.63) is 12.2 Å². The molecule has 0 spiro atoms. The van der Waals surface area contributed by atoms with Crippen LogP contribution in [0.25, 0.3) is 0 Å². The van der Waals surface area contributed by atoms with E-state index in [0.717, 1.165) is 12.2 Å². The summed E-state index contributed by atoms with van der Waals surface area (Å²) in [5.41, 5.74) is 0. The van der Waals surface area contributed by atoms with Crippen molar-refractivity contribution in [2.75, 3.05) is 7.05 Å². The first-order valence-electron chi connectivity index (χ1n) is 7.40. The summed E-state index contributed by atoms with van der Waals surface area (Å²) in [7, 11) is 2.05. The number of likely N-dealkylation sites (N-methyl/N-ethyl adjacent to an activating group) is 1. The van der Waals surface area contributed by atoms with E-state index in [2.05, 4.69) is 29.2 Å². The van der Waals surface area contributed by atoms with Crippen LogP contribution in [0, 0.1) is 5.92 Å². The maximum atomic E-state index is 5.98. The maximum absolute atomic E-state index is 5.98. The third-order valence-corrected chi connectivity index (χ3v) is 4.58. The van der Waals surface area contributed by atoms with E-state index in [1.807, 2.05) is 11.7 Å². The van der Waals surface area contributed by atoms with E-state index in [9.17, 15) is 0 Å². The van der Waals surface area contributed by atoms with Gasteiger partial charge in [-0.05, 0) is 40.2 Å². The molecule has 5 nitrogen and oxygen atoms in total. The Morgan fingerprint density at radius 1 is 1.47 bits per heavy atom. The molecule has 2 aliphatic rings. The van der Waals surface area contributed by atoms with E-state index in [1.165, 1.54) is 19.3 Å². The molecule has 0 aromatic carbocycles. The van der Waals surface area contributed by atoms with Gasteiger partial charge >= 0.3 is 0 Å². The SMILES string of the molecule is CNC(Cc1ncnn1C(C)C)C1CC2CCC1O2. The first-order valence-corrected chi connectivity index (χ1v) is 7.40. The highest BCUT2D eigenvalue weighted by molar-refractivity contribution is 5.00. The quantitative estimate of drug-likeness (QED) is 0.877. The van der Waals surface area contributed by atoms with Crippen LogP contribution in [0.5, 0.6) is 0 Å². The van der Waals surface area contributed by atoms with Gasteiger partial charge in [-0.3, -0.25) is 0 Å². The second-order valence-corrected chi connectivity index (χ2v) is 6.09. The summed E-state index contributed by atoms with van der Waals surface area (Å²) in [5.74, 6) is 1.71. The van der Waals surface area contributed by atoms with Crippen LogP contribution in [0.2, 0.25) is 0 Å². The summed E-state index contributed by atoms with van der Waals surface area (Å²) in [6.07, 6.45) is 7.24. The van der Waals surface area contributed by atoms with Crippen molar-refractivity contribution < 1.29 is 4.74 Å². The first-order chi connectivity index (χ1) is 9.19. The molecule has 2 saturated heterocycles. The van der Waals surface area contributed by atoms with Crippen LogP contribution < -0.4 is 5.32 Å². The van der Waals surface area contributed by atoms with Crippen molar-refractivity contribution >= 4 is 0 Å². The average Bonchev–Trinajstić information content (AvgIpc) is 3.11. The lowest BCUT2D eigenvalue weighted by Gasteiger charge is -2.28. The molecule has 0 amide bonds. The summed E-state index contributed by atoms with van der Waals surface area (Å²) >= 11 is 0. The molecule has 4 unspecified atom stereocenters. The van der Waals surface area contributed by atoms with Crippen LogP contribution in [0.1, 0.15) is 45.0 Å². The van der Waals surface area contributed by atoms with Crippen LogP contribution >= 0.6 is 0 Å². The molecule has 106 valence electrons. The number of hydrogen-bond acceptors (Lipinski definition) is 4. The zero-order valence-corrected chi connectivity index (χ0v) is 12.0. The highest BCUT2D eigenvalue weighted by atomic mass is 16.5. The van der Waals surface area contributed by atoms with Gasteiger partial charge in [0.1, 0.15) is 12.2 Å². The van der Waals surface area contributed by atoms with Crippen molar-refractivity contribution in [3.8, 4) is 0 Å². The van der Waals surface area contributed by atoms with Gasteiger partial charge in [0, 0.05) is 24.4 Å². The molecular formula is C14H24N4O. The molecule has 19 heavy (non-hydrogen) atoms. The number of nitrogens with zero attached hydrogens (tertiary/aromatic N) is 3. The van der Waals surface area contributed by atoms with Gasteiger partial charge in [-0.15, -0.1) is 0 Å². The Kier molecular flexibility index (Phi) is 3.58. The zero-order valence-electron chi connectivity index (χ0n) is 12.0. The summed E-state index contributed by atoms with van der Waals surface area (Å²) in [4.78, 5) is 4.43. The molecule has 4 atom stereocenters. The lowest BCUT2D eigenvalue weighted by atomic mass is 9.82. The zero-order chi connectivity index (χ0) is 13.4. The Labute approximate surface area is 114 Å². The lowest BCUT2D eigenvalue weighted by molar-refractivity contribution is 0.0860. The van der Waals surface area contributed by atoms with Crippen LogP contribution in [0.4, 0.5) is 0 Å². The molecule has 0 aliphatic carbocycles. The summed E-state index contributed by atoms with van der Waals surface area (Å²) in [6, 6.07) is 0.809. The Bertz CT molecular complexity index is 431.